The van der Waals surface area contributed by atoms with Crippen molar-refractivity contribution < 1.29 is 14.3 Å². The summed E-state index contributed by atoms with van der Waals surface area (Å²) >= 11 is 12.4. The van der Waals surface area contributed by atoms with Gasteiger partial charge in [-0.2, -0.15) is 0 Å². The van der Waals surface area contributed by atoms with Crippen molar-refractivity contribution in [3.63, 3.8) is 0 Å². The van der Waals surface area contributed by atoms with Gasteiger partial charge in [-0.05, 0) is 37.8 Å². The summed E-state index contributed by atoms with van der Waals surface area (Å²) in [5, 5.41) is 8.44. The van der Waals surface area contributed by atoms with Crippen molar-refractivity contribution >= 4 is 40.5 Å². The van der Waals surface area contributed by atoms with Gasteiger partial charge in [-0.1, -0.05) is 36.0 Å². The molecule has 0 radical (unpaired) electrons. The van der Waals surface area contributed by atoms with Crippen molar-refractivity contribution in [2.45, 2.75) is 56.4 Å². The van der Waals surface area contributed by atoms with Crippen LogP contribution < -0.4 is 10.1 Å². The molecule has 0 aromatic carbocycles. The highest BCUT2D eigenvalue weighted by Crippen LogP contribution is 2.47. The molecule has 0 aliphatic heterocycles. The number of carbonyl (C=O) groups excluding carboxylic acids is 2. The lowest BCUT2D eigenvalue weighted by Gasteiger charge is -2.16. The van der Waals surface area contributed by atoms with E-state index in [0.29, 0.717) is 51.4 Å². The van der Waals surface area contributed by atoms with E-state index < -0.39 is 5.41 Å². The summed E-state index contributed by atoms with van der Waals surface area (Å²) < 4.78 is 6.91. The largest absolute Gasteiger partial charge is 0.493 e. The van der Waals surface area contributed by atoms with Crippen LogP contribution in [0.15, 0.2) is 24.5 Å². The number of nitrogens with zero attached hydrogens (tertiary/aromatic N) is 4. The monoisotopic (exact) mass is 487 g/mol. The Balaban J connectivity index is 1.50. The second-order valence-electron chi connectivity index (χ2n) is 8.68. The number of ketones is 1. The molecule has 0 bridgehead atoms. The molecule has 3 aromatic rings. The zero-order valence-electron chi connectivity index (χ0n) is 18.1. The first kappa shape index (κ1) is 22.1. The lowest BCUT2D eigenvalue weighted by Crippen LogP contribution is -2.40. The Morgan fingerprint density at radius 1 is 1.18 bits per heavy atom. The predicted octanol–water partition coefficient (Wildman–Crippen LogP) is 3.96. The van der Waals surface area contributed by atoms with Crippen molar-refractivity contribution in [1.29, 1.82) is 0 Å². The molecule has 5 rings (SSSR count). The Bertz CT molecular complexity index is 1230. The van der Waals surface area contributed by atoms with Gasteiger partial charge in [-0.25, -0.2) is 9.50 Å². The van der Waals surface area contributed by atoms with Crippen LogP contribution in [0, 0.1) is 0 Å². The van der Waals surface area contributed by atoms with Crippen molar-refractivity contribution in [2.75, 3.05) is 7.11 Å². The van der Waals surface area contributed by atoms with Gasteiger partial charge in [-0.3, -0.25) is 14.6 Å². The number of hydrogen-bond donors (Lipinski definition) is 1. The van der Waals surface area contributed by atoms with E-state index in [4.69, 9.17) is 27.9 Å². The van der Waals surface area contributed by atoms with Crippen LogP contribution in [0.3, 0.4) is 0 Å². The molecule has 8 nitrogen and oxygen atoms in total. The van der Waals surface area contributed by atoms with Gasteiger partial charge in [0.1, 0.15) is 11.1 Å². The second-order valence-corrected chi connectivity index (χ2v) is 9.49. The van der Waals surface area contributed by atoms with E-state index in [-0.39, 0.29) is 24.2 Å². The Morgan fingerprint density at radius 2 is 1.88 bits per heavy atom. The molecule has 0 saturated heterocycles. The number of amides is 1. The van der Waals surface area contributed by atoms with Crippen LogP contribution in [-0.4, -0.2) is 44.4 Å². The van der Waals surface area contributed by atoms with Crippen LogP contribution in [0.4, 0.5) is 0 Å². The van der Waals surface area contributed by atoms with Gasteiger partial charge in [-0.15, -0.1) is 5.10 Å². The van der Waals surface area contributed by atoms with Crippen LogP contribution in [0.1, 0.15) is 60.4 Å². The van der Waals surface area contributed by atoms with Crippen molar-refractivity contribution in [3.05, 3.63) is 51.7 Å². The van der Waals surface area contributed by atoms with Gasteiger partial charge >= 0.3 is 0 Å². The number of hydrogen-bond acceptors (Lipinski definition) is 6. The molecule has 2 aliphatic carbocycles. The third kappa shape index (κ3) is 3.95. The van der Waals surface area contributed by atoms with E-state index in [2.05, 4.69) is 20.4 Å². The van der Waals surface area contributed by atoms with Gasteiger partial charge in [0.15, 0.2) is 23.0 Å². The summed E-state index contributed by atoms with van der Waals surface area (Å²) in [5.74, 6) is 0.607. The number of ether oxygens (including phenoxy) is 1. The van der Waals surface area contributed by atoms with Crippen LogP contribution in [0.5, 0.6) is 5.75 Å². The smallest absolute Gasteiger partial charge is 0.234 e. The van der Waals surface area contributed by atoms with Crippen molar-refractivity contribution in [3.8, 4) is 5.75 Å². The molecule has 1 amide bonds. The molecular weight excluding hydrogens is 465 g/mol. The number of aromatic nitrogens is 4. The first-order chi connectivity index (χ1) is 15.9. The number of pyridine rings is 2. The highest BCUT2D eigenvalue weighted by Gasteiger charge is 2.55. The topological polar surface area (TPSA) is 98.5 Å². The Labute approximate surface area is 200 Å². The van der Waals surface area contributed by atoms with E-state index in [0.717, 1.165) is 25.7 Å². The quantitative estimate of drug-likeness (QED) is 0.506. The molecule has 3 aromatic heterocycles. The molecular formula is C23H23Cl2N5O3. The third-order valence-electron chi connectivity index (χ3n) is 6.55. The van der Waals surface area contributed by atoms with Crippen LogP contribution in [0.2, 0.25) is 10.0 Å². The molecule has 172 valence electrons. The molecule has 1 N–H and O–H groups in total. The molecule has 0 unspecified atom stereocenters. The van der Waals surface area contributed by atoms with E-state index in [9.17, 15) is 9.59 Å². The van der Waals surface area contributed by atoms with Gasteiger partial charge in [0.05, 0.1) is 17.2 Å². The summed E-state index contributed by atoms with van der Waals surface area (Å²) in [5.41, 5.74) is 0.445. The van der Waals surface area contributed by atoms with Gasteiger partial charge in [0.25, 0.3) is 0 Å². The SMILES string of the molecule is COc1ccc(C(=O)Cc2c(Cl)cncc2Cl)n2nc(C3(C(=O)NC4CCCC4)CC3)nc12. The summed E-state index contributed by atoms with van der Waals surface area (Å²) in [6, 6.07) is 3.52. The first-order valence-corrected chi connectivity index (χ1v) is 11.7. The van der Waals surface area contributed by atoms with Gasteiger partial charge in [0, 0.05) is 30.4 Å². The summed E-state index contributed by atoms with van der Waals surface area (Å²) in [7, 11) is 1.53. The Hall–Kier alpha value is -2.71. The molecule has 0 spiro atoms. The molecule has 10 heteroatoms. The average molecular weight is 488 g/mol. The molecule has 2 fully saturated rings. The fraction of sp³-hybridized carbons (Fsp3) is 0.435. The molecule has 2 aliphatic rings. The number of fused-ring (bicyclic) bond motifs is 1. The van der Waals surface area contributed by atoms with E-state index >= 15 is 0 Å². The van der Waals surface area contributed by atoms with E-state index in [1.807, 2.05) is 0 Å². The maximum atomic E-state index is 13.2. The summed E-state index contributed by atoms with van der Waals surface area (Å²) in [4.78, 5) is 34.9. The highest BCUT2D eigenvalue weighted by molar-refractivity contribution is 6.36. The maximum Gasteiger partial charge on any atom is 0.234 e. The average Bonchev–Trinajstić information content (AvgIpc) is 3.22. The fourth-order valence-electron chi connectivity index (χ4n) is 4.44. The Morgan fingerprint density at radius 3 is 2.52 bits per heavy atom. The Kier molecular flexibility index (Phi) is 5.74. The zero-order chi connectivity index (χ0) is 23.2. The van der Waals surface area contributed by atoms with Crippen molar-refractivity contribution in [2.24, 2.45) is 0 Å². The highest BCUT2D eigenvalue weighted by atomic mass is 35.5. The minimum absolute atomic E-state index is 0.0237. The predicted molar refractivity (Wildman–Crippen MR) is 123 cm³/mol. The molecule has 3 heterocycles. The summed E-state index contributed by atoms with van der Waals surface area (Å²) in [6.45, 7) is 0. The second kappa shape index (κ2) is 8.57. The minimum Gasteiger partial charge on any atom is -0.493 e. The molecule has 33 heavy (non-hydrogen) atoms. The summed E-state index contributed by atoms with van der Waals surface area (Å²) in [6.07, 6.45) is 8.52. The number of methoxy groups -OCH3 is 1. The van der Waals surface area contributed by atoms with Crippen LogP contribution in [0.25, 0.3) is 5.65 Å². The van der Waals surface area contributed by atoms with E-state index in [1.54, 1.807) is 12.1 Å². The van der Waals surface area contributed by atoms with Crippen LogP contribution >= 0.6 is 23.2 Å². The number of carbonyl (C=O) groups is 2. The fourth-order valence-corrected chi connectivity index (χ4v) is 4.94. The molecule has 2 saturated carbocycles. The number of rotatable bonds is 7. The first-order valence-electron chi connectivity index (χ1n) is 11.0. The number of Topliss-reactive ketones (excluding diaryl/α,β-unsaturated/α-hetero) is 1. The van der Waals surface area contributed by atoms with Crippen LogP contribution in [-0.2, 0) is 16.6 Å². The lowest BCUT2D eigenvalue weighted by molar-refractivity contribution is -0.124. The minimum atomic E-state index is -0.752. The van der Waals surface area contributed by atoms with E-state index in [1.165, 1.54) is 24.0 Å². The molecule has 0 atom stereocenters. The number of nitrogens with one attached hydrogen (secondary N) is 1. The normalized spacial score (nSPS) is 17.3. The maximum absolute atomic E-state index is 13.2. The number of halogens is 2. The van der Waals surface area contributed by atoms with Crippen molar-refractivity contribution in [1.82, 2.24) is 24.9 Å². The lowest BCUT2D eigenvalue weighted by atomic mass is 10.0. The zero-order valence-corrected chi connectivity index (χ0v) is 19.6. The van der Waals surface area contributed by atoms with Gasteiger partial charge in [0.2, 0.25) is 5.91 Å². The van der Waals surface area contributed by atoms with Gasteiger partial charge < -0.3 is 10.1 Å². The third-order valence-corrected chi connectivity index (χ3v) is 7.20. The standard InChI is InChI=1S/C23H23Cl2N5O3/c1-33-19-7-6-17(18(31)10-14-15(24)11-26-12-16(14)25)30-20(19)28-21(29-30)23(8-9-23)22(32)27-13-4-2-3-5-13/h6-7,11-13H,2-5,8-10H2,1H3,(H,27,32).